The Morgan fingerprint density at radius 1 is 1.32 bits per heavy atom. The number of benzene rings is 1. The van der Waals surface area contributed by atoms with Crippen LogP contribution in [0.2, 0.25) is 0 Å². The second-order valence-corrected chi connectivity index (χ2v) is 4.48. The lowest BCUT2D eigenvalue weighted by molar-refractivity contribution is 0.0942. The minimum absolute atomic E-state index is 0.120. The number of hydrogen-bond acceptors (Lipinski definition) is 3. The van der Waals surface area contributed by atoms with Crippen molar-refractivity contribution in [1.82, 2.24) is 5.32 Å². The second kappa shape index (κ2) is 8.53. The number of carbonyl (C=O) groups is 1. The van der Waals surface area contributed by atoms with E-state index < -0.39 is 0 Å². The van der Waals surface area contributed by atoms with E-state index in [-0.39, 0.29) is 12.0 Å². The summed E-state index contributed by atoms with van der Waals surface area (Å²) in [6.07, 6.45) is 1.91. The number of ether oxygens (including phenoxy) is 1. The van der Waals surface area contributed by atoms with Gasteiger partial charge in [0.25, 0.3) is 5.91 Å². The molecule has 0 fully saturated rings. The first-order valence-electron chi connectivity index (χ1n) is 6.86. The van der Waals surface area contributed by atoms with Gasteiger partial charge < -0.3 is 15.2 Å². The maximum absolute atomic E-state index is 11.8. The molecule has 0 saturated carbocycles. The zero-order valence-corrected chi connectivity index (χ0v) is 11.7. The van der Waals surface area contributed by atoms with Gasteiger partial charge in [0.2, 0.25) is 0 Å². The third-order valence-corrected chi connectivity index (χ3v) is 2.82. The topological polar surface area (TPSA) is 58.6 Å². The van der Waals surface area contributed by atoms with Gasteiger partial charge in [-0.25, -0.2) is 0 Å². The number of rotatable bonds is 8. The molecule has 0 aliphatic heterocycles. The molecule has 0 aromatic heterocycles. The van der Waals surface area contributed by atoms with Crippen molar-refractivity contribution in [3.8, 4) is 5.75 Å². The van der Waals surface area contributed by atoms with Crippen LogP contribution < -0.4 is 10.1 Å². The Bertz CT molecular complexity index is 375. The number of hydrogen-bond donors (Lipinski definition) is 2. The molecule has 1 rings (SSSR count). The van der Waals surface area contributed by atoms with Gasteiger partial charge in [-0.05, 0) is 43.5 Å². The number of carbonyl (C=O) groups excluding carboxylic acids is 1. The van der Waals surface area contributed by atoms with Gasteiger partial charge in [-0.2, -0.15) is 0 Å². The molecule has 1 aromatic carbocycles. The molecule has 106 valence electrons. The molecule has 0 aliphatic rings. The van der Waals surface area contributed by atoms with Gasteiger partial charge in [0, 0.05) is 12.1 Å². The van der Waals surface area contributed by atoms with Gasteiger partial charge >= 0.3 is 0 Å². The van der Waals surface area contributed by atoms with Crippen molar-refractivity contribution in [3.63, 3.8) is 0 Å². The number of amides is 1. The quantitative estimate of drug-likeness (QED) is 0.758. The first-order valence-corrected chi connectivity index (χ1v) is 6.86. The minimum atomic E-state index is -0.342. The molecule has 1 amide bonds. The van der Waals surface area contributed by atoms with Crippen LogP contribution in [0, 0.1) is 0 Å². The second-order valence-electron chi connectivity index (χ2n) is 4.48. The largest absolute Gasteiger partial charge is 0.494 e. The van der Waals surface area contributed by atoms with Crippen molar-refractivity contribution >= 4 is 5.91 Å². The first-order chi connectivity index (χ1) is 9.17. The standard InChI is InChI=1S/C15H23NO3/c1-3-11-19-14-7-5-12(6-8-14)15(18)16-10-9-13(17)4-2/h5-8,13,17H,3-4,9-11H2,1-2H3,(H,16,18). The highest BCUT2D eigenvalue weighted by atomic mass is 16.5. The van der Waals surface area contributed by atoms with Crippen LogP contribution in [0.1, 0.15) is 43.5 Å². The lowest BCUT2D eigenvalue weighted by atomic mass is 10.2. The third-order valence-electron chi connectivity index (χ3n) is 2.82. The van der Waals surface area contributed by atoms with Crippen LogP contribution in [0.25, 0.3) is 0 Å². The number of aliphatic hydroxyl groups excluding tert-OH is 1. The normalized spacial score (nSPS) is 11.9. The summed E-state index contributed by atoms with van der Waals surface area (Å²) < 4.78 is 5.45. The van der Waals surface area contributed by atoms with E-state index in [4.69, 9.17) is 4.74 Å². The fourth-order valence-electron chi connectivity index (χ4n) is 1.58. The Balaban J connectivity index is 2.40. The van der Waals surface area contributed by atoms with Crippen LogP contribution in [0.15, 0.2) is 24.3 Å². The summed E-state index contributed by atoms with van der Waals surface area (Å²) in [4.78, 5) is 11.8. The Kier molecular flexibility index (Phi) is 6.97. The molecule has 1 unspecified atom stereocenters. The smallest absolute Gasteiger partial charge is 0.251 e. The van der Waals surface area contributed by atoms with Crippen molar-refractivity contribution in [2.24, 2.45) is 0 Å². The molecule has 4 heteroatoms. The molecule has 0 heterocycles. The highest BCUT2D eigenvalue weighted by molar-refractivity contribution is 5.94. The van der Waals surface area contributed by atoms with Crippen molar-refractivity contribution in [1.29, 1.82) is 0 Å². The Hall–Kier alpha value is -1.55. The summed E-state index contributed by atoms with van der Waals surface area (Å²) in [5.41, 5.74) is 0.606. The fourth-order valence-corrected chi connectivity index (χ4v) is 1.58. The fraction of sp³-hybridized carbons (Fsp3) is 0.533. The van der Waals surface area contributed by atoms with Crippen LogP contribution in [-0.2, 0) is 0 Å². The zero-order valence-electron chi connectivity index (χ0n) is 11.7. The molecule has 0 bridgehead atoms. The van der Waals surface area contributed by atoms with E-state index >= 15 is 0 Å². The van der Waals surface area contributed by atoms with Gasteiger partial charge in [-0.3, -0.25) is 4.79 Å². The van der Waals surface area contributed by atoms with Crippen LogP contribution in [0.3, 0.4) is 0 Å². The molecular formula is C15H23NO3. The average molecular weight is 265 g/mol. The first kappa shape index (κ1) is 15.5. The molecule has 1 aromatic rings. The SMILES string of the molecule is CCCOc1ccc(C(=O)NCCC(O)CC)cc1. The maximum Gasteiger partial charge on any atom is 0.251 e. The summed E-state index contributed by atoms with van der Waals surface area (Å²) in [7, 11) is 0. The summed E-state index contributed by atoms with van der Waals surface area (Å²) >= 11 is 0. The van der Waals surface area contributed by atoms with E-state index in [1.807, 2.05) is 13.8 Å². The Morgan fingerprint density at radius 3 is 2.58 bits per heavy atom. The van der Waals surface area contributed by atoms with Crippen molar-refractivity contribution in [2.75, 3.05) is 13.2 Å². The summed E-state index contributed by atoms with van der Waals surface area (Å²) in [6.45, 7) is 5.14. The molecular weight excluding hydrogens is 242 g/mol. The molecule has 4 nitrogen and oxygen atoms in total. The number of nitrogens with one attached hydrogen (secondary N) is 1. The lowest BCUT2D eigenvalue weighted by Crippen LogP contribution is -2.26. The molecule has 1 atom stereocenters. The molecule has 19 heavy (non-hydrogen) atoms. The van der Waals surface area contributed by atoms with E-state index in [2.05, 4.69) is 5.32 Å². The van der Waals surface area contributed by atoms with E-state index in [0.717, 1.165) is 12.2 Å². The third kappa shape index (κ3) is 5.75. The van der Waals surface area contributed by atoms with Crippen LogP contribution in [0.5, 0.6) is 5.75 Å². The molecule has 0 radical (unpaired) electrons. The van der Waals surface area contributed by atoms with E-state index in [0.29, 0.717) is 31.6 Å². The highest BCUT2D eigenvalue weighted by Crippen LogP contribution is 2.12. The van der Waals surface area contributed by atoms with Crippen LogP contribution in [0.4, 0.5) is 0 Å². The Labute approximate surface area is 114 Å². The lowest BCUT2D eigenvalue weighted by Gasteiger charge is -2.09. The molecule has 0 spiro atoms. The summed E-state index contributed by atoms with van der Waals surface area (Å²) in [5.74, 6) is 0.658. The monoisotopic (exact) mass is 265 g/mol. The van der Waals surface area contributed by atoms with E-state index in [9.17, 15) is 9.90 Å². The van der Waals surface area contributed by atoms with Crippen molar-refractivity contribution < 1.29 is 14.6 Å². The average Bonchev–Trinajstić information content (AvgIpc) is 2.45. The van der Waals surface area contributed by atoms with Gasteiger partial charge in [-0.1, -0.05) is 13.8 Å². The minimum Gasteiger partial charge on any atom is -0.494 e. The van der Waals surface area contributed by atoms with Gasteiger partial charge in [0.15, 0.2) is 0 Å². The summed E-state index contributed by atoms with van der Waals surface area (Å²) in [6, 6.07) is 7.09. The van der Waals surface area contributed by atoms with Crippen molar-refractivity contribution in [3.05, 3.63) is 29.8 Å². The number of aliphatic hydroxyl groups is 1. The predicted molar refractivity (Wildman–Crippen MR) is 75.5 cm³/mol. The van der Waals surface area contributed by atoms with E-state index in [1.54, 1.807) is 24.3 Å². The Morgan fingerprint density at radius 2 is 2.00 bits per heavy atom. The molecule has 0 aliphatic carbocycles. The summed E-state index contributed by atoms with van der Waals surface area (Å²) in [5, 5.41) is 12.2. The van der Waals surface area contributed by atoms with Gasteiger partial charge in [0.1, 0.15) is 5.75 Å². The van der Waals surface area contributed by atoms with E-state index in [1.165, 1.54) is 0 Å². The van der Waals surface area contributed by atoms with Crippen molar-refractivity contribution in [2.45, 2.75) is 39.2 Å². The maximum atomic E-state index is 11.8. The van der Waals surface area contributed by atoms with Gasteiger partial charge in [0.05, 0.1) is 12.7 Å². The molecule has 0 saturated heterocycles. The van der Waals surface area contributed by atoms with Gasteiger partial charge in [-0.15, -0.1) is 0 Å². The van der Waals surface area contributed by atoms with Crippen LogP contribution in [-0.4, -0.2) is 30.3 Å². The zero-order chi connectivity index (χ0) is 14.1. The van der Waals surface area contributed by atoms with Crippen LogP contribution >= 0.6 is 0 Å². The predicted octanol–water partition coefficient (Wildman–Crippen LogP) is 2.37. The highest BCUT2D eigenvalue weighted by Gasteiger charge is 2.06. The molecule has 2 N–H and O–H groups in total.